The largest absolute Gasteiger partial charge is 0.399 e. The molecule has 194 valence electrons. The zero-order chi connectivity index (χ0) is 26.5. The summed E-state index contributed by atoms with van der Waals surface area (Å²) in [7, 11) is 0. The number of anilines is 4. The first-order valence-electron chi connectivity index (χ1n) is 11.2. The summed E-state index contributed by atoms with van der Waals surface area (Å²) in [6.45, 7) is 1.79. The van der Waals surface area contributed by atoms with E-state index in [-0.39, 0.29) is 18.5 Å². The monoisotopic (exact) mass is 532 g/mol. The first-order valence-corrected chi connectivity index (χ1v) is 12.0. The summed E-state index contributed by atoms with van der Waals surface area (Å²) in [5.74, 6) is 1.44. The molecule has 2 aliphatic rings. The van der Waals surface area contributed by atoms with Crippen LogP contribution >= 0.6 is 11.5 Å². The van der Waals surface area contributed by atoms with Gasteiger partial charge >= 0.3 is 6.18 Å². The zero-order valence-corrected chi connectivity index (χ0v) is 20.3. The van der Waals surface area contributed by atoms with E-state index in [1.54, 1.807) is 4.52 Å². The fraction of sp³-hybridized carbons (Fsp3) is 0.364. The maximum absolute atomic E-state index is 13.3. The van der Waals surface area contributed by atoms with E-state index in [4.69, 9.17) is 0 Å². The van der Waals surface area contributed by atoms with Crippen molar-refractivity contribution in [2.75, 3.05) is 28.6 Å². The van der Waals surface area contributed by atoms with Crippen LogP contribution in [0.3, 0.4) is 0 Å². The van der Waals surface area contributed by atoms with Crippen molar-refractivity contribution in [1.82, 2.24) is 34.2 Å². The predicted octanol–water partition coefficient (Wildman–Crippen LogP) is 3.75. The molecule has 5 heterocycles. The molecule has 2 fully saturated rings. The summed E-state index contributed by atoms with van der Waals surface area (Å²) in [6, 6.07) is 5.13. The maximum atomic E-state index is 13.3. The van der Waals surface area contributed by atoms with E-state index in [0.717, 1.165) is 43.0 Å². The van der Waals surface area contributed by atoms with Gasteiger partial charge in [-0.2, -0.15) is 27.6 Å². The molecule has 0 bridgehead atoms. The molecule has 1 saturated heterocycles. The molecule has 1 amide bonds. The number of fused-ring (bicyclic) bond motifs is 1. The number of carbonyl (C=O) groups excluding carboxylic acids is 1. The van der Waals surface area contributed by atoms with Gasteiger partial charge in [0.15, 0.2) is 11.6 Å². The normalized spacial score (nSPS) is 15.8. The Hall–Kier alpha value is -4.19. The third-order valence-electron chi connectivity index (χ3n) is 5.94. The van der Waals surface area contributed by atoms with Gasteiger partial charge in [-0.15, -0.1) is 17.9 Å². The Morgan fingerprint density at radius 2 is 1.97 bits per heavy atom. The Labute approximate surface area is 213 Å². The number of hydrogen-bond donors (Lipinski definition) is 3. The van der Waals surface area contributed by atoms with Crippen LogP contribution in [0.25, 0.3) is 5.52 Å². The Balaban J connectivity index is 0.000000272. The van der Waals surface area contributed by atoms with Crippen LogP contribution in [0.5, 0.6) is 0 Å². The minimum absolute atomic E-state index is 0.0910. The van der Waals surface area contributed by atoms with Crippen molar-refractivity contribution >= 4 is 46.2 Å². The van der Waals surface area contributed by atoms with Gasteiger partial charge in [-0.3, -0.25) is 9.89 Å². The van der Waals surface area contributed by atoms with Gasteiger partial charge in [-0.25, -0.2) is 9.50 Å². The van der Waals surface area contributed by atoms with Crippen LogP contribution in [0.15, 0.2) is 30.7 Å². The highest BCUT2D eigenvalue weighted by Gasteiger charge is 2.65. The average Bonchev–Trinajstić information content (AvgIpc) is 3.44. The van der Waals surface area contributed by atoms with Crippen molar-refractivity contribution in [3.8, 4) is 12.8 Å². The highest BCUT2D eigenvalue weighted by molar-refractivity contribution is 7.09. The summed E-state index contributed by atoms with van der Waals surface area (Å²) in [6.07, 6.45) is 9.87. The SMILES string of the molecule is C#C.FC(F)(F)C1(c2cc(Nc3nc(N4CCCC4)nn4cccc34)n[nH]2)CC1.O=CNc1ncns1. The van der Waals surface area contributed by atoms with E-state index in [1.165, 1.54) is 12.4 Å². The summed E-state index contributed by atoms with van der Waals surface area (Å²) < 4.78 is 45.3. The first-order chi connectivity index (χ1) is 17.9. The van der Waals surface area contributed by atoms with Crippen molar-refractivity contribution in [3.05, 3.63) is 36.4 Å². The quantitative estimate of drug-likeness (QED) is 0.253. The van der Waals surface area contributed by atoms with Gasteiger partial charge in [0.2, 0.25) is 17.5 Å². The molecule has 1 aliphatic carbocycles. The van der Waals surface area contributed by atoms with E-state index in [1.807, 2.05) is 18.3 Å². The second-order valence-electron chi connectivity index (χ2n) is 8.17. The van der Waals surface area contributed by atoms with Gasteiger partial charge in [0.25, 0.3) is 0 Å². The molecule has 11 nitrogen and oxygen atoms in total. The molecule has 4 aromatic heterocycles. The third-order valence-corrected chi connectivity index (χ3v) is 6.54. The molecule has 3 N–H and O–H groups in total. The average molecular weight is 533 g/mol. The second-order valence-corrected chi connectivity index (χ2v) is 8.95. The second kappa shape index (κ2) is 10.8. The molecule has 0 atom stereocenters. The minimum atomic E-state index is -4.27. The Bertz CT molecular complexity index is 1340. The molecule has 6 rings (SSSR count). The van der Waals surface area contributed by atoms with Crippen LogP contribution in [-0.2, 0) is 10.2 Å². The van der Waals surface area contributed by atoms with E-state index in [9.17, 15) is 18.0 Å². The zero-order valence-electron chi connectivity index (χ0n) is 19.4. The lowest BCUT2D eigenvalue weighted by Gasteiger charge is -2.17. The molecule has 4 aromatic rings. The molecular formula is C22H23F3N10OS. The van der Waals surface area contributed by atoms with Crippen LogP contribution < -0.4 is 15.5 Å². The van der Waals surface area contributed by atoms with Gasteiger partial charge in [0.1, 0.15) is 17.3 Å². The number of rotatable bonds is 6. The highest BCUT2D eigenvalue weighted by Crippen LogP contribution is 2.58. The van der Waals surface area contributed by atoms with Gasteiger partial charge in [-0.05, 0) is 37.8 Å². The number of nitrogens with one attached hydrogen (secondary N) is 3. The number of hydrogen-bond acceptors (Lipinski definition) is 9. The molecule has 0 unspecified atom stereocenters. The third kappa shape index (κ3) is 5.48. The lowest BCUT2D eigenvalue weighted by molar-refractivity contribution is -0.161. The van der Waals surface area contributed by atoms with Crippen LogP contribution in [0, 0.1) is 12.8 Å². The molecule has 1 saturated carbocycles. The van der Waals surface area contributed by atoms with Gasteiger partial charge in [-0.1, -0.05) is 0 Å². The molecule has 1 aliphatic heterocycles. The van der Waals surface area contributed by atoms with Crippen molar-refractivity contribution in [2.24, 2.45) is 0 Å². The minimum Gasteiger partial charge on any atom is -0.340 e. The van der Waals surface area contributed by atoms with Crippen molar-refractivity contribution in [2.45, 2.75) is 37.3 Å². The molecular weight excluding hydrogens is 509 g/mol. The highest BCUT2D eigenvalue weighted by atomic mass is 32.1. The number of carbonyl (C=O) groups is 1. The number of terminal acetylenes is 1. The number of nitrogens with zero attached hydrogens (tertiary/aromatic N) is 7. The van der Waals surface area contributed by atoms with Crippen LogP contribution in [0.2, 0.25) is 0 Å². The van der Waals surface area contributed by atoms with Crippen LogP contribution in [0.1, 0.15) is 31.4 Å². The summed E-state index contributed by atoms with van der Waals surface area (Å²) >= 11 is 1.14. The number of alkyl halides is 3. The summed E-state index contributed by atoms with van der Waals surface area (Å²) in [4.78, 5) is 20.1. The Morgan fingerprint density at radius 1 is 1.22 bits per heavy atom. The van der Waals surface area contributed by atoms with Gasteiger partial charge < -0.3 is 15.5 Å². The molecule has 15 heteroatoms. The van der Waals surface area contributed by atoms with Crippen molar-refractivity contribution in [3.63, 3.8) is 0 Å². The lowest BCUT2D eigenvalue weighted by Crippen LogP contribution is -2.28. The van der Waals surface area contributed by atoms with E-state index in [0.29, 0.717) is 29.1 Å². The van der Waals surface area contributed by atoms with Gasteiger partial charge in [0.05, 0.1) is 5.69 Å². The lowest BCUT2D eigenvalue weighted by atomic mass is 10.0. The van der Waals surface area contributed by atoms with Gasteiger partial charge in [0, 0.05) is 36.9 Å². The Kier molecular flexibility index (Phi) is 7.58. The first kappa shape index (κ1) is 25.9. The molecule has 0 spiro atoms. The fourth-order valence-electron chi connectivity index (χ4n) is 3.94. The number of halogens is 3. The topological polar surface area (TPSA) is 129 Å². The van der Waals surface area contributed by atoms with Crippen LogP contribution in [-0.4, -0.2) is 59.8 Å². The van der Waals surface area contributed by atoms with E-state index in [2.05, 4.69) is 58.0 Å². The maximum Gasteiger partial charge on any atom is 0.399 e. The molecule has 0 aromatic carbocycles. The standard InChI is InChI=1S/C17H18F3N7.C3H3N3OS.C2H2/c18-17(19,20)16(5-6-16)12-10-13(24-23-12)21-14-11-4-3-9-27(11)25-15(22-14)26-7-1-2-8-26;7-2-5-3-4-1-6-8-3;1-2/h3-4,9-10H,1-2,5-8H2,(H2,21,22,23,24,25);1-2H,(H,4,5,6,7);1-2H. The molecule has 37 heavy (non-hydrogen) atoms. The fourth-order valence-corrected chi connectivity index (χ4v) is 4.33. The number of aromatic nitrogens is 7. The molecule has 0 radical (unpaired) electrons. The number of H-pyrrole nitrogens is 1. The van der Waals surface area contributed by atoms with Crippen LogP contribution in [0.4, 0.5) is 35.9 Å². The smallest absolute Gasteiger partial charge is 0.340 e. The summed E-state index contributed by atoms with van der Waals surface area (Å²) in [5.41, 5.74) is -0.950. The summed E-state index contributed by atoms with van der Waals surface area (Å²) in [5, 5.41) is 17.0. The predicted molar refractivity (Wildman–Crippen MR) is 133 cm³/mol. The van der Waals surface area contributed by atoms with E-state index < -0.39 is 11.6 Å². The van der Waals surface area contributed by atoms with E-state index >= 15 is 0 Å². The number of amides is 1. The van der Waals surface area contributed by atoms with Crippen molar-refractivity contribution in [1.29, 1.82) is 0 Å². The van der Waals surface area contributed by atoms with Crippen molar-refractivity contribution < 1.29 is 18.0 Å². The Morgan fingerprint density at radius 3 is 2.59 bits per heavy atom. The number of aromatic amines is 1.